The van der Waals surface area contributed by atoms with Gasteiger partial charge in [-0.05, 0) is 48.6 Å². The summed E-state index contributed by atoms with van der Waals surface area (Å²) in [6, 6.07) is 19.7. The van der Waals surface area contributed by atoms with E-state index < -0.39 is 0 Å². The van der Waals surface area contributed by atoms with Gasteiger partial charge in [-0.15, -0.1) is 0 Å². The average molecular weight is 402 g/mol. The fourth-order valence-electron chi connectivity index (χ4n) is 5.14. The van der Waals surface area contributed by atoms with Crippen LogP contribution in [-0.4, -0.2) is 35.0 Å². The topological polar surface area (TPSA) is 54.5 Å². The highest BCUT2D eigenvalue weighted by atomic mass is 16.5. The standard InChI is InChI=1S/C25H27N3O2/c1-30-20-12-10-17(11-13-20)23-15-21-22(8-3-9-24(29)27-21)28(23)16-19-6-2-5-18-7-4-14-26-25(18)19/h2,4-7,10-14,21-23H,3,8-9,15-16H2,1H3,(H,27,29)/t21-,22+,23+/m0/s1. The molecule has 5 rings (SSSR count). The van der Waals surface area contributed by atoms with Gasteiger partial charge < -0.3 is 10.1 Å². The number of likely N-dealkylation sites (tertiary alicyclic amines) is 1. The molecule has 30 heavy (non-hydrogen) atoms. The van der Waals surface area contributed by atoms with Crippen molar-refractivity contribution in [3.8, 4) is 5.75 Å². The Morgan fingerprint density at radius 2 is 1.97 bits per heavy atom. The number of carbonyl (C=O) groups excluding carboxylic acids is 1. The first-order chi connectivity index (χ1) is 14.7. The van der Waals surface area contributed by atoms with Crippen LogP contribution in [0.3, 0.4) is 0 Å². The zero-order valence-electron chi connectivity index (χ0n) is 17.3. The summed E-state index contributed by atoms with van der Waals surface area (Å²) in [6.45, 7) is 0.822. The summed E-state index contributed by atoms with van der Waals surface area (Å²) in [7, 11) is 1.69. The lowest BCUT2D eigenvalue weighted by molar-refractivity contribution is -0.121. The van der Waals surface area contributed by atoms with Gasteiger partial charge in [0.1, 0.15) is 5.75 Å². The maximum atomic E-state index is 12.2. The predicted molar refractivity (Wildman–Crippen MR) is 117 cm³/mol. The minimum absolute atomic E-state index is 0.185. The molecule has 0 bridgehead atoms. The number of para-hydroxylation sites is 1. The molecule has 3 aromatic rings. The lowest BCUT2D eigenvalue weighted by Crippen LogP contribution is -2.42. The normalized spacial score (nSPS) is 24.3. The smallest absolute Gasteiger partial charge is 0.220 e. The van der Waals surface area contributed by atoms with Crippen LogP contribution in [0.5, 0.6) is 5.75 Å². The van der Waals surface area contributed by atoms with Gasteiger partial charge in [0, 0.05) is 42.7 Å². The molecule has 0 saturated carbocycles. The molecule has 2 aromatic carbocycles. The minimum Gasteiger partial charge on any atom is -0.497 e. The average Bonchev–Trinajstić information content (AvgIpc) is 2.99. The molecule has 5 nitrogen and oxygen atoms in total. The van der Waals surface area contributed by atoms with Crippen LogP contribution in [-0.2, 0) is 11.3 Å². The van der Waals surface area contributed by atoms with E-state index in [1.165, 1.54) is 16.5 Å². The quantitative estimate of drug-likeness (QED) is 0.711. The Morgan fingerprint density at radius 3 is 2.80 bits per heavy atom. The Bertz CT molecular complexity index is 1040. The Kier molecular flexibility index (Phi) is 5.13. The SMILES string of the molecule is COc1ccc([C@H]2C[C@@H]3NC(=O)CCC[C@H]3N2Cc2cccc3cccnc23)cc1. The number of amides is 1. The molecule has 1 amide bonds. The number of ether oxygens (including phenoxy) is 1. The van der Waals surface area contributed by atoms with Gasteiger partial charge in [-0.25, -0.2) is 0 Å². The fourth-order valence-corrected chi connectivity index (χ4v) is 5.14. The van der Waals surface area contributed by atoms with Crippen molar-refractivity contribution in [3.63, 3.8) is 0 Å². The number of pyridine rings is 1. The van der Waals surface area contributed by atoms with E-state index in [0.29, 0.717) is 12.5 Å². The van der Waals surface area contributed by atoms with Crippen LogP contribution in [0.2, 0.25) is 0 Å². The number of hydrogen-bond acceptors (Lipinski definition) is 4. The van der Waals surface area contributed by atoms with Crippen LogP contribution in [0.1, 0.15) is 42.9 Å². The number of nitrogens with zero attached hydrogens (tertiary/aromatic N) is 2. The van der Waals surface area contributed by atoms with Crippen LogP contribution in [0.25, 0.3) is 10.9 Å². The van der Waals surface area contributed by atoms with Crippen molar-refractivity contribution in [2.75, 3.05) is 7.11 Å². The van der Waals surface area contributed by atoms with E-state index in [0.717, 1.165) is 37.1 Å². The zero-order chi connectivity index (χ0) is 20.5. The first-order valence-electron chi connectivity index (χ1n) is 10.7. The monoisotopic (exact) mass is 401 g/mol. The van der Waals surface area contributed by atoms with Gasteiger partial charge in [0.05, 0.1) is 12.6 Å². The van der Waals surface area contributed by atoms with Gasteiger partial charge in [0.25, 0.3) is 0 Å². The van der Waals surface area contributed by atoms with Crippen molar-refractivity contribution in [1.82, 2.24) is 15.2 Å². The van der Waals surface area contributed by atoms with Crippen molar-refractivity contribution >= 4 is 16.8 Å². The Labute approximate surface area is 177 Å². The number of benzene rings is 2. The lowest BCUT2D eigenvalue weighted by atomic mass is 10.0. The van der Waals surface area contributed by atoms with Crippen LogP contribution in [0.4, 0.5) is 0 Å². The number of methoxy groups -OCH3 is 1. The van der Waals surface area contributed by atoms with Crippen molar-refractivity contribution in [2.45, 2.75) is 50.4 Å². The van der Waals surface area contributed by atoms with Gasteiger partial charge in [0.15, 0.2) is 0 Å². The summed E-state index contributed by atoms with van der Waals surface area (Å²) in [4.78, 5) is 19.5. The molecule has 5 heteroatoms. The van der Waals surface area contributed by atoms with Gasteiger partial charge in [-0.1, -0.05) is 36.4 Å². The van der Waals surface area contributed by atoms with Crippen molar-refractivity contribution in [1.29, 1.82) is 0 Å². The van der Waals surface area contributed by atoms with Crippen molar-refractivity contribution in [2.24, 2.45) is 0 Å². The van der Waals surface area contributed by atoms with Gasteiger partial charge in [-0.3, -0.25) is 14.7 Å². The van der Waals surface area contributed by atoms with Crippen LogP contribution >= 0.6 is 0 Å². The van der Waals surface area contributed by atoms with E-state index in [9.17, 15) is 4.79 Å². The summed E-state index contributed by atoms with van der Waals surface area (Å²) >= 11 is 0. The molecule has 154 valence electrons. The largest absolute Gasteiger partial charge is 0.497 e. The highest BCUT2D eigenvalue weighted by molar-refractivity contribution is 5.81. The summed E-state index contributed by atoms with van der Waals surface area (Å²) in [5.74, 6) is 1.05. The minimum atomic E-state index is 0.185. The van der Waals surface area contributed by atoms with Crippen LogP contribution in [0, 0.1) is 0 Å². The van der Waals surface area contributed by atoms with E-state index in [1.54, 1.807) is 7.11 Å². The highest BCUT2D eigenvalue weighted by Gasteiger charge is 2.43. The molecule has 1 aromatic heterocycles. The first kappa shape index (κ1) is 19.1. The fraction of sp³-hybridized carbons (Fsp3) is 0.360. The molecule has 2 fully saturated rings. The molecule has 0 radical (unpaired) electrons. The second-order valence-electron chi connectivity index (χ2n) is 8.32. The van der Waals surface area contributed by atoms with E-state index in [-0.39, 0.29) is 18.0 Å². The lowest BCUT2D eigenvalue weighted by Gasteiger charge is -2.31. The number of hydrogen-bond donors (Lipinski definition) is 1. The molecular weight excluding hydrogens is 374 g/mol. The van der Waals surface area contributed by atoms with Crippen LogP contribution in [0.15, 0.2) is 60.8 Å². The highest BCUT2D eigenvalue weighted by Crippen LogP contribution is 2.41. The Hall–Kier alpha value is -2.92. The van der Waals surface area contributed by atoms with E-state index in [1.807, 2.05) is 24.4 Å². The molecule has 2 aliphatic heterocycles. The Morgan fingerprint density at radius 1 is 1.13 bits per heavy atom. The number of nitrogens with one attached hydrogen (secondary N) is 1. The molecule has 1 N–H and O–H groups in total. The molecule has 0 aliphatic carbocycles. The van der Waals surface area contributed by atoms with Crippen molar-refractivity contribution in [3.05, 3.63) is 71.9 Å². The number of aromatic nitrogens is 1. The van der Waals surface area contributed by atoms with Gasteiger partial charge in [0.2, 0.25) is 5.91 Å². The zero-order valence-corrected chi connectivity index (χ0v) is 17.3. The third kappa shape index (κ3) is 3.54. The van der Waals surface area contributed by atoms with Gasteiger partial charge in [-0.2, -0.15) is 0 Å². The van der Waals surface area contributed by atoms with Crippen LogP contribution < -0.4 is 10.1 Å². The summed E-state index contributed by atoms with van der Waals surface area (Å²) in [5, 5.41) is 4.46. The van der Waals surface area contributed by atoms with Gasteiger partial charge >= 0.3 is 0 Å². The first-order valence-corrected chi connectivity index (χ1v) is 10.7. The second-order valence-corrected chi connectivity index (χ2v) is 8.32. The molecule has 2 aliphatic rings. The van der Waals surface area contributed by atoms with E-state index in [2.05, 4.69) is 51.6 Å². The molecular formula is C25H27N3O2. The van der Waals surface area contributed by atoms with E-state index in [4.69, 9.17) is 4.74 Å². The number of fused-ring (bicyclic) bond motifs is 2. The summed E-state index contributed by atoms with van der Waals surface area (Å²) in [5.41, 5.74) is 3.57. The second kappa shape index (κ2) is 8.07. The predicted octanol–water partition coefficient (Wildman–Crippen LogP) is 4.23. The molecule has 0 spiro atoms. The third-order valence-electron chi connectivity index (χ3n) is 6.59. The summed E-state index contributed by atoms with van der Waals surface area (Å²) < 4.78 is 5.35. The summed E-state index contributed by atoms with van der Waals surface area (Å²) in [6.07, 6.45) is 5.40. The Balaban J connectivity index is 1.52. The van der Waals surface area contributed by atoms with E-state index >= 15 is 0 Å². The third-order valence-corrected chi connectivity index (χ3v) is 6.59. The van der Waals surface area contributed by atoms with Crippen molar-refractivity contribution < 1.29 is 9.53 Å². The number of carbonyl (C=O) groups is 1. The number of rotatable bonds is 4. The molecule has 0 unspecified atom stereocenters. The molecule has 2 saturated heterocycles. The molecule has 3 heterocycles. The maximum absolute atomic E-state index is 12.2. The maximum Gasteiger partial charge on any atom is 0.220 e. The molecule has 3 atom stereocenters.